The van der Waals surface area contributed by atoms with E-state index in [0.29, 0.717) is 5.92 Å². The predicted molar refractivity (Wildman–Crippen MR) is 68.7 cm³/mol. The van der Waals surface area contributed by atoms with E-state index in [1.54, 1.807) is 0 Å². The molecule has 2 nitrogen and oxygen atoms in total. The van der Waals surface area contributed by atoms with Crippen molar-refractivity contribution in [1.29, 1.82) is 0 Å². The standard InChI is InChI=1S/C15H22O2/c16-11-13-8-6-12(7-9-13)10-14-4-2-1-3-5-15(14)17/h6-9,14-17H,1-5,10-11H2. The minimum absolute atomic E-state index is 0.104. The van der Waals surface area contributed by atoms with Crippen LogP contribution in [0.4, 0.5) is 0 Å². The molecule has 0 spiro atoms. The fourth-order valence-electron chi connectivity index (χ4n) is 2.69. The van der Waals surface area contributed by atoms with E-state index >= 15 is 0 Å². The molecule has 0 bridgehead atoms. The second-order valence-corrected chi connectivity index (χ2v) is 5.14. The minimum Gasteiger partial charge on any atom is -0.393 e. The second kappa shape index (κ2) is 6.18. The molecule has 2 atom stereocenters. The molecule has 94 valence electrons. The molecule has 1 saturated carbocycles. The summed E-state index contributed by atoms with van der Waals surface area (Å²) >= 11 is 0. The van der Waals surface area contributed by atoms with Crippen LogP contribution in [0.2, 0.25) is 0 Å². The molecule has 1 aromatic carbocycles. The average molecular weight is 234 g/mol. The third-order valence-corrected chi connectivity index (χ3v) is 3.82. The van der Waals surface area contributed by atoms with E-state index in [1.165, 1.54) is 24.8 Å². The van der Waals surface area contributed by atoms with Gasteiger partial charge in [-0.3, -0.25) is 0 Å². The maximum atomic E-state index is 10.1. The zero-order valence-electron chi connectivity index (χ0n) is 10.3. The Balaban J connectivity index is 1.98. The lowest BCUT2D eigenvalue weighted by molar-refractivity contribution is 0.101. The summed E-state index contributed by atoms with van der Waals surface area (Å²) in [4.78, 5) is 0. The van der Waals surface area contributed by atoms with Gasteiger partial charge in [0, 0.05) is 0 Å². The highest BCUT2D eigenvalue weighted by Gasteiger charge is 2.21. The van der Waals surface area contributed by atoms with Crippen LogP contribution in [-0.2, 0) is 13.0 Å². The van der Waals surface area contributed by atoms with Crippen LogP contribution in [0.15, 0.2) is 24.3 Å². The van der Waals surface area contributed by atoms with E-state index in [0.717, 1.165) is 24.8 Å². The zero-order valence-corrected chi connectivity index (χ0v) is 10.3. The van der Waals surface area contributed by atoms with Gasteiger partial charge < -0.3 is 10.2 Å². The molecule has 1 aliphatic rings. The Morgan fingerprint density at radius 2 is 1.59 bits per heavy atom. The maximum Gasteiger partial charge on any atom is 0.0681 e. The van der Waals surface area contributed by atoms with Crippen LogP contribution in [0.25, 0.3) is 0 Å². The number of aliphatic hydroxyl groups excluding tert-OH is 2. The van der Waals surface area contributed by atoms with Crippen molar-refractivity contribution in [1.82, 2.24) is 0 Å². The summed E-state index contributed by atoms with van der Waals surface area (Å²) in [5, 5.41) is 19.1. The minimum atomic E-state index is -0.130. The third-order valence-electron chi connectivity index (χ3n) is 3.82. The molecule has 17 heavy (non-hydrogen) atoms. The Hall–Kier alpha value is -0.860. The fraction of sp³-hybridized carbons (Fsp3) is 0.600. The summed E-state index contributed by atoms with van der Waals surface area (Å²) < 4.78 is 0. The SMILES string of the molecule is OCc1ccc(CC2CCCCCC2O)cc1. The topological polar surface area (TPSA) is 40.5 Å². The van der Waals surface area contributed by atoms with Crippen LogP contribution in [0.3, 0.4) is 0 Å². The van der Waals surface area contributed by atoms with Crippen LogP contribution in [0, 0.1) is 5.92 Å². The normalized spacial score (nSPS) is 25.5. The number of rotatable bonds is 3. The van der Waals surface area contributed by atoms with Gasteiger partial charge in [-0.05, 0) is 36.3 Å². The van der Waals surface area contributed by atoms with Crippen molar-refractivity contribution in [2.45, 2.75) is 51.2 Å². The number of hydrogen-bond donors (Lipinski definition) is 2. The molecule has 2 heteroatoms. The number of benzene rings is 1. The summed E-state index contributed by atoms with van der Waals surface area (Å²) in [5.41, 5.74) is 2.23. The molecule has 1 aromatic rings. The smallest absolute Gasteiger partial charge is 0.0681 e. The summed E-state index contributed by atoms with van der Waals surface area (Å²) in [6, 6.07) is 8.09. The van der Waals surface area contributed by atoms with Gasteiger partial charge in [-0.25, -0.2) is 0 Å². The lowest BCUT2D eigenvalue weighted by Gasteiger charge is -2.20. The van der Waals surface area contributed by atoms with E-state index in [2.05, 4.69) is 12.1 Å². The molecule has 0 aromatic heterocycles. The van der Waals surface area contributed by atoms with Gasteiger partial charge in [0.25, 0.3) is 0 Å². The monoisotopic (exact) mass is 234 g/mol. The van der Waals surface area contributed by atoms with Crippen molar-refractivity contribution in [3.8, 4) is 0 Å². The van der Waals surface area contributed by atoms with Crippen molar-refractivity contribution in [3.63, 3.8) is 0 Å². The summed E-state index contributed by atoms with van der Waals surface area (Å²) in [6.07, 6.45) is 6.61. The second-order valence-electron chi connectivity index (χ2n) is 5.14. The van der Waals surface area contributed by atoms with Gasteiger partial charge >= 0.3 is 0 Å². The van der Waals surface area contributed by atoms with Crippen molar-refractivity contribution in [2.24, 2.45) is 5.92 Å². The molecule has 0 saturated heterocycles. The van der Waals surface area contributed by atoms with Gasteiger partial charge in [0.1, 0.15) is 0 Å². The Morgan fingerprint density at radius 1 is 0.941 bits per heavy atom. The van der Waals surface area contributed by atoms with E-state index in [4.69, 9.17) is 5.11 Å². The maximum absolute atomic E-state index is 10.1. The molecule has 1 aliphatic carbocycles. The lowest BCUT2D eigenvalue weighted by Crippen LogP contribution is -2.20. The molecule has 0 amide bonds. The molecule has 0 radical (unpaired) electrons. The van der Waals surface area contributed by atoms with Gasteiger partial charge in [0.05, 0.1) is 12.7 Å². The quantitative estimate of drug-likeness (QED) is 0.789. The molecule has 0 heterocycles. The molecule has 2 rings (SSSR count). The van der Waals surface area contributed by atoms with Crippen LogP contribution in [-0.4, -0.2) is 16.3 Å². The van der Waals surface area contributed by atoms with E-state index < -0.39 is 0 Å². The van der Waals surface area contributed by atoms with E-state index in [-0.39, 0.29) is 12.7 Å². The van der Waals surface area contributed by atoms with Crippen molar-refractivity contribution in [2.75, 3.05) is 0 Å². The Bertz CT molecular complexity index is 331. The molecule has 0 aliphatic heterocycles. The van der Waals surface area contributed by atoms with Crippen molar-refractivity contribution < 1.29 is 10.2 Å². The highest BCUT2D eigenvalue weighted by Crippen LogP contribution is 2.26. The largest absolute Gasteiger partial charge is 0.393 e. The molecule has 2 N–H and O–H groups in total. The third kappa shape index (κ3) is 3.55. The first-order valence-electron chi connectivity index (χ1n) is 6.66. The average Bonchev–Trinajstić information content (AvgIpc) is 2.56. The van der Waals surface area contributed by atoms with E-state index in [9.17, 15) is 5.11 Å². The van der Waals surface area contributed by atoms with Gasteiger partial charge in [-0.2, -0.15) is 0 Å². The summed E-state index contributed by atoms with van der Waals surface area (Å²) in [6.45, 7) is 0.104. The molecule has 2 unspecified atom stereocenters. The first-order chi connectivity index (χ1) is 8.29. The number of hydrogen-bond acceptors (Lipinski definition) is 2. The van der Waals surface area contributed by atoms with Gasteiger partial charge in [0.2, 0.25) is 0 Å². The first kappa shape index (κ1) is 12.6. The highest BCUT2D eigenvalue weighted by atomic mass is 16.3. The van der Waals surface area contributed by atoms with Gasteiger partial charge in [0.15, 0.2) is 0 Å². The predicted octanol–water partition coefficient (Wildman–Crippen LogP) is 2.66. The lowest BCUT2D eigenvalue weighted by atomic mass is 9.90. The van der Waals surface area contributed by atoms with Gasteiger partial charge in [-0.15, -0.1) is 0 Å². The fourth-order valence-corrected chi connectivity index (χ4v) is 2.69. The Morgan fingerprint density at radius 3 is 2.29 bits per heavy atom. The van der Waals surface area contributed by atoms with Crippen molar-refractivity contribution in [3.05, 3.63) is 35.4 Å². The van der Waals surface area contributed by atoms with Crippen molar-refractivity contribution >= 4 is 0 Å². The Kier molecular flexibility index (Phi) is 4.57. The molecular weight excluding hydrogens is 212 g/mol. The highest BCUT2D eigenvalue weighted by molar-refractivity contribution is 5.22. The number of aliphatic hydroxyl groups is 2. The van der Waals surface area contributed by atoms with Crippen LogP contribution >= 0.6 is 0 Å². The molecular formula is C15H22O2. The molecule has 1 fully saturated rings. The van der Waals surface area contributed by atoms with Crippen LogP contribution < -0.4 is 0 Å². The van der Waals surface area contributed by atoms with Gasteiger partial charge in [-0.1, -0.05) is 43.5 Å². The first-order valence-corrected chi connectivity index (χ1v) is 6.66. The summed E-state index contributed by atoms with van der Waals surface area (Å²) in [5.74, 6) is 0.414. The van der Waals surface area contributed by atoms with Crippen LogP contribution in [0.1, 0.15) is 43.2 Å². The Labute approximate surface area is 103 Å². The van der Waals surface area contributed by atoms with E-state index in [1.807, 2.05) is 12.1 Å². The van der Waals surface area contributed by atoms with Crippen LogP contribution in [0.5, 0.6) is 0 Å². The zero-order chi connectivity index (χ0) is 12.1. The summed E-state index contributed by atoms with van der Waals surface area (Å²) in [7, 11) is 0.